The van der Waals surface area contributed by atoms with Gasteiger partial charge in [-0.2, -0.15) is 0 Å². The molecule has 0 fully saturated rings. The maximum absolute atomic E-state index is 14.4. The molecule has 2 aromatic carbocycles. The number of fused-ring (bicyclic) bond motifs is 2. The van der Waals surface area contributed by atoms with Crippen molar-refractivity contribution in [3.63, 3.8) is 0 Å². The molecule has 0 spiro atoms. The first-order chi connectivity index (χ1) is 16.3. The number of pyridine rings is 1. The van der Waals surface area contributed by atoms with Crippen LogP contribution in [0.2, 0.25) is 0 Å². The molecule has 0 saturated heterocycles. The number of carbonyl (C=O) groups is 2. The second kappa shape index (κ2) is 8.31. The molecule has 0 unspecified atom stereocenters. The standard InChI is InChI=1S/C24H17F3N4O3/c25-14-3-1-12-8-20(32)22(16(12)9-14)30-23(33)13-2-5-17(27)18(7-13)29-24(34)19-10-28-21-6-4-15(26)11-31(19)21/h1-7,9-11,20,22,32H,8H2,(H,29,34)(H,30,33)/t20-,22+/m0/s1. The zero-order valence-electron chi connectivity index (χ0n) is 17.4. The van der Waals surface area contributed by atoms with Crippen LogP contribution in [0.25, 0.3) is 5.65 Å². The van der Waals surface area contributed by atoms with Crippen molar-refractivity contribution < 1.29 is 27.9 Å². The first kappa shape index (κ1) is 21.7. The molecule has 4 aromatic rings. The Hall–Kier alpha value is -4.18. The lowest BCUT2D eigenvalue weighted by molar-refractivity contribution is 0.0857. The van der Waals surface area contributed by atoms with E-state index in [4.69, 9.17) is 0 Å². The molecule has 10 heteroatoms. The first-order valence-electron chi connectivity index (χ1n) is 10.3. The van der Waals surface area contributed by atoms with Crippen molar-refractivity contribution in [1.82, 2.24) is 14.7 Å². The lowest BCUT2D eigenvalue weighted by Crippen LogP contribution is -2.34. The van der Waals surface area contributed by atoms with Gasteiger partial charge in [-0.3, -0.25) is 14.0 Å². The van der Waals surface area contributed by atoms with Crippen LogP contribution in [0.1, 0.15) is 38.0 Å². The number of hydrogen-bond acceptors (Lipinski definition) is 4. The molecular weight excluding hydrogens is 449 g/mol. The quantitative estimate of drug-likeness (QED) is 0.430. The van der Waals surface area contributed by atoms with Crippen LogP contribution in [-0.4, -0.2) is 32.4 Å². The molecule has 7 nitrogen and oxygen atoms in total. The Morgan fingerprint density at radius 2 is 1.79 bits per heavy atom. The summed E-state index contributed by atoms with van der Waals surface area (Å²) < 4.78 is 42.9. The topological polar surface area (TPSA) is 95.7 Å². The first-order valence-corrected chi connectivity index (χ1v) is 10.3. The molecule has 2 atom stereocenters. The minimum Gasteiger partial charge on any atom is -0.390 e. The van der Waals surface area contributed by atoms with Gasteiger partial charge < -0.3 is 15.7 Å². The van der Waals surface area contributed by atoms with Gasteiger partial charge >= 0.3 is 0 Å². The van der Waals surface area contributed by atoms with Crippen molar-refractivity contribution in [2.24, 2.45) is 0 Å². The average Bonchev–Trinajstić information content (AvgIpc) is 3.35. The molecule has 2 aromatic heterocycles. The van der Waals surface area contributed by atoms with E-state index in [0.29, 0.717) is 11.2 Å². The highest BCUT2D eigenvalue weighted by atomic mass is 19.1. The maximum atomic E-state index is 14.4. The Labute approximate surface area is 190 Å². The Morgan fingerprint density at radius 1 is 1.00 bits per heavy atom. The van der Waals surface area contributed by atoms with Crippen molar-refractivity contribution in [2.75, 3.05) is 5.32 Å². The zero-order valence-corrected chi connectivity index (χ0v) is 17.4. The monoisotopic (exact) mass is 466 g/mol. The summed E-state index contributed by atoms with van der Waals surface area (Å²) >= 11 is 0. The van der Waals surface area contributed by atoms with Gasteiger partial charge in [0.1, 0.15) is 28.8 Å². The molecule has 1 aliphatic carbocycles. The summed E-state index contributed by atoms with van der Waals surface area (Å²) in [5.74, 6) is -3.27. The Bertz CT molecular complexity index is 1450. The van der Waals surface area contributed by atoms with Gasteiger partial charge in [-0.15, -0.1) is 0 Å². The van der Waals surface area contributed by atoms with E-state index in [1.165, 1.54) is 40.9 Å². The highest BCUT2D eigenvalue weighted by Gasteiger charge is 2.33. The molecule has 34 heavy (non-hydrogen) atoms. The van der Waals surface area contributed by atoms with Gasteiger partial charge in [0.25, 0.3) is 11.8 Å². The molecule has 2 amide bonds. The number of benzene rings is 2. The van der Waals surface area contributed by atoms with Gasteiger partial charge in [0.15, 0.2) is 0 Å². The summed E-state index contributed by atoms with van der Waals surface area (Å²) in [5, 5.41) is 15.3. The molecule has 172 valence electrons. The Balaban J connectivity index is 1.38. The van der Waals surface area contributed by atoms with E-state index in [-0.39, 0.29) is 23.4 Å². The van der Waals surface area contributed by atoms with E-state index >= 15 is 0 Å². The molecule has 0 aliphatic heterocycles. The van der Waals surface area contributed by atoms with Crippen molar-refractivity contribution in [3.8, 4) is 0 Å². The molecule has 0 saturated carbocycles. The fourth-order valence-electron chi connectivity index (χ4n) is 4.06. The van der Waals surface area contributed by atoms with Gasteiger partial charge in [0.05, 0.1) is 24.0 Å². The summed E-state index contributed by atoms with van der Waals surface area (Å²) in [5.41, 5.74) is 1.22. The van der Waals surface area contributed by atoms with Crippen LogP contribution < -0.4 is 10.6 Å². The van der Waals surface area contributed by atoms with Gasteiger partial charge in [0, 0.05) is 18.2 Å². The fraction of sp³-hybridized carbons (Fsp3) is 0.125. The highest BCUT2D eigenvalue weighted by Crippen LogP contribution is 2.32. The van der Waals surface area contributed by atoms with Crippen molar-refractivity contribution in [1.29, 1.82) is 0 Å². The highest BCUT2D eigenvalue weighted by molar-refractivity contribution is 6.04. The third-order valence-electron chi connectivity index (χ3n) is 5.72. The molecule has 2 heterocycles. The van der Waals surface area contributed by atoms with Crippen LogP contribution in [0.3, 0.4) is 0 Å². The van der Waals surface area contributed by atoms with E-state index in [1.807, 2.05) is 0 Å². The second-order valence-corrected chi connectivity index (χ2v) is 7.93. The number of imidazole rings is 1. The number of carbonyl (C=O) groups excluding carboxylic acids is 2. The van der Waals surface area contributed by atoms with Crippen LogP contribution in [0.15, 0.2) is 60.9 Å². The minimum absolute atomic E-state index is 0.0120. The summed E-state index contributed by atoms with van der Waals surface area (Å²) in [7, 11) is 0. The minimum atomic E-state index is -0.948. The van der Waals surface area contributed by atoms with E-state index in [9.17, 15) is 27.9 Å². The van der Waals surface area contributed by atoms with E-state index in [2.05, 4.69) is 15.6 Å². The van der Waals surface area contributed by atoms with Crippen molar-refractivity contribution in [3.05, 3.63) is 101 Å². The molecule has 1 aliphatic rings. The number of rotatable bonds is 4. The zero-order chi connectivity index (χ0) is 24.0. The third-order valence-corrected chi connectivity index (χ3v) is 5.72. The number of aromatic nitrogens is 2. The SMILES string of the molecule is O=C(N[C@@H]1c2cc(F)ccc2C[C@@H]1O)c1ccc(F)c(NC(=O)c2cnc3ccc(F)cn23)c1. The summed E-state index contributed by atoms with van der Waals surface area (Å²) in [4.78, 5) is 29.5. The average molecular weight is 466 g/mol. The number of anilines is 1. The number of nitrogens with zero attached hydrogens (tertiary/aromatic N) is 2. The molecular formula is C24H17F3N4O3. The van der Waals surface area contributed by atoms with E-state index in [0.717, 1.165) is 23.9 Å². The maximum Gasteiger partial charge on any atom is 0.274 e. The summed E-state index contributed by atoms with van der Waals surface area (Å²) in [6.45, 7) is 0. The predicted octanol–water partition coefficient (Wildman–Crippen LogP) is 3.39. The summed E-state index contributed by atoms with van der Waals surface area (Å²) in [6, 6.07) is 9.20. The second-order valence-electron chi connectivity index (χ2n) is 7.93. The number of aliphatic hydroxyl groups excluding tert-OH is 1. The fourth-order valence-corrected chi connectivity index (χ4v) is 4.06. The van der Waals surface area contributed by atoms with E-state index < -0.39 is 41.4 Å². The molecule has 0 bridgehead atoms. The van der Waals surface area contributed by atoms with Crippen molar-refractivity contribution in [2.45, 2.75) is 18.6 Å². The molecule has 5 rings (SSSR count). The largest absolute Gasteiger partial charge is 0.390 e. The summed E-state index contributed by atoms with van der Waals surface area (Å²) in [6.07, 6.45) is 1.60. The number of aliphatic hydroxyl groups is 1. The number of amides is 2. The van der Waals surface area contributed by atoms with Crippen LogP contribution in [0.4, 0.5) is 18.9 Å². The Morgan fingerprint density at radius 3 is 2.62 bits per heavy atom. The van der Waals surface area contributed by atoms with Crippen LogP contribution in [0, 0.1) is 17.5 Å². The van der Waals surface area contributed by atoms with Gasteiger partial charge in [0.2, 0.25) is 0 Å². The molecule has 3 N–H and O–H groups in total. The Kier molecular flexibility index (Phi) is 5.29. The van der Waals surface area contributed by atoms with Crippen LogP contribution in [-0.2, 0) is 6.42 Å². The smallest absolute Gasteiger partial charge is 0.274 e. The predicted molar refractivity (Wildman–Crippen MR) is 116 cm³/mol. The van der Waals surface area contributed by atoms with Gasteiger partial charge in [-0.05, 0) is 53.6 Å². The number of hydrogen-bond donors (Lipinski definition) is 3. The normalized spacial score (nSPS) is 16.9. The molecule has 0 radical (unpaired) electrons. The third kappa shape index (κ3) is 3.88. The number of nitrogens with one attached hydrogen (secondary N) is 2. The number of halogens is 3. The van der Waals surface area contributed by atoms with Gasteiger partial charge in [-0.25, -0.2) is 18.2 Å². The van der Waals surface area contributed by atoms with Crippen molar-refractivity contribution >= 4 is 23.1 Å². The lowest BCUT2D eigenvalue weighted by atomic mass is 10.1. The lowest BCUT2D eigenvalue weighted by Gasteiger charge is -2.18. The van der Waals surface area contributed by atoms with Crippen LogP contribution in [0.5, 0.6) is 0 Å². The van der Waals surface area contributed by atoms with E-state index in [1.54, 1.807) is 6.07 Å². The van der Waals surface area contributed by atoms with Crippen LogP contribution >= 0.6 is 0 Å². The van der Waals surface area contributed by atoms with Gasteiger partial charge in [-0.1, -0.05) is 6.07 Å².